The lowest BCUT2D eigenvalue weighted by Crippen LogP contribution is -2.35. The molecule has 0 bridgehead atoms. The molecule has 2 aliphatic carbocycles. The molecule has 1 saturated carbocycles. The second-order valence-electron chi connectivity index (χ2n) is 5.47. The summed E-state index contributed by atoms with van der Waals surface area (Å²) in [4.78, 5) is 12.6. The fourth-order valence-corrected chi connectivity index (χ4v) is 3.40. The molecule has 18 heavy (non-hydrogen) atoms. The predicted octanol–water partition coefficient (Wildman–Crippen LogP) is 2.69. The predicted molar refractivity (Wildman–Crippen MR) is 75.8 cm³/mol. The van der Waals surface area contributed by atoms with Gasteiger partial charge in [0.25, 0.3) is 0 Å². The van der Waals surface area contributed by atoms with Crippen molar-refractivity contribution in [1.82, 2.24) is 5.32 Å². The summed E-state index contributed by atoms with van der Waals surface area (Å²) >= 11 is 3.66. The third-order valence-corrected chi connectivity index (χ3v) is 5.10. The summed E-state index contributed by atoms with van der Waals surface area (Å²) in [6, 6.07) is 8.39. The summed E-state index contributed by atoms with van der Waals surface area (Å²) in [5, 5.41) is 3.09. The minimum atomic E-state index is 0.140. The van der Waals surface area contributed by atoms with E-state index in [0.717, 1.165) is 25.3 Å². The summed E-state index contributed by atoms with van der Waals surface area (Å²) in [5.74, 6) is 1.14. The van der Waals surface area contributed by atoms with Crippen LogP contribution in [-0.4, -0.2) is 17.3 Å². The first kappa shape index (κ1) is 12.2. The Labute approximate surface area is 116 Å². The number of hydrogen-bond acceptors (Lipinski definition) is 1. The number of rotatable bonds is 4. The largest absolute Gasteiger partial charge is 0.355 e. The van der Waals surface area contributed by atoms with E-state index >= 15 is 0 Å². The Bertz CT molecular complexity index is 431. The first-order valence-electron chi connectivity index (χ1n) is 6.72. The standard InChI is InChI=1S/C15H18BrNO/c16-14(10-5-6-10)9-17-15(18)13-7-11-3-1-2-4-12(11)8-13/h1-4,10,13-14H,5-9H2,(H,17,18). The number of amides is 1. The molecular formula is C15H18BrNO. The van der Waals surface area contributed by atoms with Crippen molar-refractivity contribution in [2.45, 2.75) is 30.5 Å². The summed E-state index contributed by atoms with van der Waals surface area (Å²) in [7, 11) is 0. The zero-order chi connectivity index (χ0) is 12.5. The highest BCUT2D eigenvalue weighted by molar-refractivity contribution is 9.09. The Kier molecular flexibility index (Phi) is 3.42. The molecule has 0 spiro atoms. The zero-order valence-corrected chi connectivity index (χ0v) is 11.9. The van der Waals surface area contributed by atoms with Crippen LogP contribution in [0.5, 0.6) is 0 Å². The van der Waals surface area contributed by atoms with E-state index in [2.05, 4.69) is 45.5 Å². The third-order valence-electron chi connectivity index (χ3n) is 4.03. The molecule has 1 atom stereocenters. The first-order chi connectivity index (χ1) is 8.74. The van der Waals surface area contributed by atoms with Crippen molar-refractivity contribution < 1.29 is 4.79 Å². The SMILES string of the molecule is O=C(NCC(Br)C1CC1)C1Cc2ccccc2C1. The molecule has 0 saturated heterocycles. The van der Waals surface area contributed by atoms with Gasteiger partial charge in [0.2, 0.25) is 5.91 Å². The molecular weight excluding hydrogens is 290 g/mol. The van der Waals surface area contributed by atoms with Crippen LogP contribution in [0.4, 0.5) is 0 Å². The van der Waals surface area contributed by atoms with Gasteiger partial charge in [-0.1, -0.05) is 40.2 Å². The van der Waals surface area contributed by atoms with Crippen LogP contribution >= 0.6 is 15.9 Å². The molecule has 1 N–H and O–H groups in total. The van der Waals surface area contributed by atoms with Crippen LogP contribution in [0.2, 0.25) is 0 Å². The maximum absolute atomic E-state index is 12.1. The number of nitrogens with one attached hydrogen (secondary N) is 1. The van der Waals surface area contributed by atoms with Crippen LogP contribution in [0.1, 0.15) is 24.0 Å². The maximum atomic E-state index is 12.1. The highest BCUT2D eigenvalue weighted by Crippen LogP contribution is 2.36. The third kappa shape index (κ3) is 2.61. The van der Waals surface area contributed by atoms with Gasteiger partial charge in [-0.2, -0.15) is 0 Å². The van der Waals surface area contributed by atoms with Crippen LogP contribution in [0.25, 0.3) is 0 Å². The van der Waals surface area contributed by atoms with Crippen molar-refractivity contribution in [3.8, 4) is 0 Å². The normalized spacial score (nSPS) is 20.5. The van der Waals surface area contributed by atoms with Gasteiger partial charge in [-0.3, -0.25) is 4.79 Å². The van der Waals surface area contributed by atoms with Gasteiger partial charge < -0.3 is 5.32 Å². The quantitative estimate of drug-likeness (QED) is 0.851. The van der Waals surface area contributed by atoms with Crippen LogP contribution in [0.15, 0.2) is 24.3 Å². The van der Waals surface area contributed by atoms with E-state index in [4.69, 9.17) is 0 Å². The molecule has 1 amide bonds. The molecule has 1 fully saturated rings. The Balaban J connectivity index is 1.52. The van der Waals surface area contributed by atoms with Crippen LogP contribution in [0.3, 0.4) is 0 Å². The van der Waals surface area contributed by atoms with Crippen molar-refractivity contribution in [3.63, 3.8) is 0 Å². The monoisotopic (exact) mass is 307 g/mol. The topological polar surface area (TPSA) is 29.1 Å². The smallest absolute Gasteiger partial charge is 0.223 e. The number of benzene rings is 1. The average molecular weight is 308 g/mol. The van der Waals surface area contributed by atoms with E-state index in [0.29, 0.717) is 4.83 Å². The molecule has 1 aromatic rings. The highest BCUT2D eigenvalue weighted by atomic mass is 79.9. The molecule has 0 aromatic heterocycles. The van der Waals surface area contributed by atoms with Crippen molar-refractivity contribution >= 4 is 21.8 Å². The molecule has 2 aliphatic rings. The number of alkyl halides is 1. The van der Waals surface area contributed by atoms with E-state index in [1.807, 2.05) is 0 Å². The van der Waals surface area contributed by atoms with Crippen LogP contribution in [0, 0.1) is 11.8 Å². The highest BCUT2D eigenvalue weighted by Gasteiger charge is 2.31. The number of carbonyl (C=O) groups excluding carboxylic acids is 1. The second-order valence-corrected chi connectivity index (χ2v) is 6.65. The fourth-order valence-electron chi connectivity index (χ4n) is 2.71. The van der Waals surface area contributed by atoms with Gasteiger partial charge >= 0.3 is 0 Å². The van der Waals surface area contributed by atoms with Crippen molar-refractivity contribution in [2.24, 2.45) is 11.8 Å². The van der Waals surface area contributed by atoms with Gasteiger partial charge in [0, 0.05) is 17.3 Å². The number of hydrogen-bond donors (Lipinski definition) is 1. The Morgan fingerprint density at radius 3 is 2.44 bits per heavy atom. The Morgan fingerprint density at radius 1 is 1.28 bits per heavy atom. The van der Waals surface area contributed by atoms with Crippen LogP contribution < -0.4 is 5.32 Å². The summed E-state index contributed by atoms with van der Waals surface area (Å²) in [6.07, 6.45) is 4.41. The number of carbonyl (C=O) groups is 1. The first-order valence-corrected chi connectivity index (χ1v) is 7.64. The van der Waals surface area contributed by atoms with Gasteiger partial charge in [-0.25, -0.2) is 0 Å². The summed E-state index contributed by atoms with van der Waals surface area (Å²) in [6.45, 7) is 0.774. The van der Waals surface area contributed by atoms with Gasteiger partial charge in [-0.15, -0.1) is 0 Å². The second kappa shape index (κ2) is 5.04. The molecule has 3 heteroatoms. The van der Waals surface area contributed by atoms with Crippen LogP contribution in [-0.2, 0) is 17.6 Å². The molecule has 0 radical (unpaired) electrons. The van der Waals surface area contributed by atoms with E-state index in [-0.39, 0.29) is 11.8 Å². The lowest BCUT2D eigenvalue weighted by molar-refractivity contribution is -0.124. The van der Waals surface area contributed by atoms with Gasteiger partial charge in [0.1, 0.15) is 0 Å². The molecule has 1 aromatic carbocycles. The fraction of sp³-hybridized carbons (Fsp3) is 0.533. The molecule has 96 valence electrons. The van der Waals surface area contributed by atoms with E-state index in [1.54, 1.807) is 0 Å². The minimum Gasteiger partial charge on any atom is -0.355 e. The summed E-state index contributed by atoms with van der Waals surface area (Å²) in [5.41, 5.74) is 2.69. The summed E-state index contributed by atoms with van der Waals surface area (Å²) < 4.78 is 0. The van der Waals surface area contributed by atoms with Gasteiger partial charge in [-0.05, 0) is 42.7 Å². The zero-order valence-electron chi connectivity index (χ0n) is 10.4. The van der Waals surface area contributed by atoms with Gasteiger partial charge in [0.15, 0.2) is 0 Å². The Hall–Kier alpha value is -0.830. The maximum Gasteiger partial charge on any atom is 0.223 e. The Morgan fingerprint density at radius 2 is 1.89 bits per heavy atom. The van der Waals surface area contributed by atoms with Crippen molar-refractivity contribution in [3.05, 3.63) is 35.4 Å². The van der Waals surface area contributed by atoms with Crippen molar-refractivity contribution in [1.29, 1.82) is 0 Å². The van der Waals surface area contributed by atoms with Gasteiger partial charge in [0.05, 0.1) is 0 Å². The molecule has 1 unspecified atom stereocenters. The lowest BCUT2D eigenvalue weighted by Gasteiger charge is -2.13. The van der Waals surface area contributed by atoms with E-state index in [1.165, 1.54) is 24.0 Å². The molecule has 0 aliphatic heterocycles. The molecule has 3 rings (SSSR count). The average Bonchev–Trinajstić information content (AvgIpc) is 3.14. The molecule has 2 nitrogen and oxygen atoms in total. The van der Waals surface area contributed by atoms with Crippen molar-refractivity contribution in [2.75, 3.05) is 6.54 Å². The minimum absolute atomic E-state index is 0.140. The van der Waals surface area contributed by atoms with E-state index in [9.17, 15) is 4.79 Å². The van der Waals surface area contributed by atoms with E-state index < -0.39 is 0 Å². The number of halogens is 1. The number of fused-ring (bicyclic) bond motifs is 1. The molecule has 0 heterocycles. The lowest BCUT2D eigenvalue weighted by atomic mass is 10.1.